The number of ether oxygens (including phenoxy) is 1. The van der Waals surface area contributed by atoms with Crippen molar-refractivity contribution in [3.63, 3.8) is 0 Å². The molecule has 1 N–H and O–H groups in total. The summed E-state index contributed by atoms with van der Waals surface area (Å²) >= 11 is 0. The average molecular weight is 291 g/mol. The molecule has 1 aliphatic heterocycles. The Morgan fingerprint density at radius 3 is 3.05 bits per heavy atom. The minimum absolute atomic E-state index is 0.0143. The van der Waals surface area contributed by atoms with Crippen LogP contribution in [0.2, 0.25) is 0 Å². The van der Waals surface area contributed by atoms with Gasteiger partial charge in [0, 0.05) is 18.7 Å². The number of benzene rings is 1. The van der Waals surface area contributed by atoms with Gasteiger partial charge in [-0.3, -0.25) is 4.79 Å². The largest absolute Gasteiger partial charge is 0.384 e. The van der Waals surface area contributed by atoms with Crippen LogP contribution in [-0.2, 0) is 4.74 Å². The number of amides is 1. The predicted octanol–water partition coefficient (Wildman–Crippen LogP) is 1.42. The first kappa shape index (κ1) is 15.5. The van der Waals surface area contributed by atoms with E-state index in [0.717, 1.165) is 6.42 Å². The molecular formula is C16H18FNO3. The van der Waals surface area contributed by atoms with Gasteiger partial charge >= 0.3 is 0 Å². The van der Waals surface area contributed by atoms with Crippen LogP contribution in [0.1, 0.15) is 29.3 Å². The molecule has 1 fully saturated rings. The standard InChI is InChI=1S/C16H18FNO3/c1-2-13-11-18(7-9-21-13)16(20)14-6-5-12(4-3-8-19)10-15(14)17/h5-6,10,13,19H,2,7-9,11H2,1H3. The molecule has 1 aromatic rings. The Morgan fingerprint density at radius 2 is 2.38 bits per heavy atom. The van der Waals surface area contributed by atoms with E-state index in [1.165, 1.54) is 12.1 Å². The van der Waals surface area contributed by atoms with Crippen molar-refractivity contribution >= 4 is 5.91 Å². The number of halogens is 1. The van der Waals surface area contributed by atoms with Crippen molar-refractivity contribution in [2.24, 2.45) is 0 Å². The lowest BCUT2D eigenvalue weighted by Gasteiger charge is -2.32. The van der Waals surface area contributed by atoms with Crippen molar-refractivity contribution in [1.29, 1.82) is 0 Å². The molecule has 1 atom stereocenters. The zero-order valence-electron chi connectivity index (χ0n) is 11.9. The normalized spacial score (nSPS) is 18.0. The van der Waals surface area contributed by atoms with E-state index in [2.05, 4.69) is 11.8 Å². The van der Waals surface area contributed by atoms with Crippen LogP contribution in [0.5, 0.6) is 0 Å². The molecule has 0 aromatic heterocycles. The lowest BCUT2D eigenvalue weighted by molar-refractivity contribution is -0.0227. The van der Waals surface area contributed by atoms with Crippen molar-refractivity contribution in [1.82, 2.24) is 4.90 Å². The molecule has 1 aromatic carbocycles. The van der Waals surface area contributed by atoms with Crippen molar-refractivity contribution in [3.8, 4) is 11.8 Å². The summed E-state index contributed by atoms with van der Waals surface area (Å²) in [4.78, 5) is 14.0. The predicted molar refractivity (Wildman–Crippen MR) is 76.3 cm³/mol. The summed E-state index contributed by atoms with van der Waals surface area (Å²) in [6.45, 7) is 3.15. The average Bonchev–Trinajstić information content (AvgIpc) is 2.52. The Balaban J connectivity index is 2.15. The smallest absolute Gasteiger partial charge is 0.256 e. The van der Waals surface area contributed by atoms with Crippen LogP contribution in [0, 0.1) is 17.7 Å². The minimum Gasteiger partial charge on any atom is -0.384 e. The Morgan fingerprint density at radius 1 is 1.57 bits per heavy atom. The molecule has 2 rings (SSSR count). The van der Waals surface area contributed by atoms with Crippen molar-refractivity contribution in [2.75, 3.05) is 26.3 Å². The van der Waals surface area contributed by atoms with E-state index in [-0.39, 0.29) is 24.2 Å². The van der Waals surface area contributed by atoms with E-state index in [9.17, 15) is 9.18 Å². The van der Waals surface area contributed by atoms with Crippen LogP contribution in [0.25, 0.3) is 0 Å². The summed E-state index contributed by atoms with van der Waals surface area (Å²) in [5.74, 6) is 4.14. The molecule has 1 amide bonds. The Hall–Kier alpha value is -1.90. The second-order valence-corrected chi connectivity index (χ2v) is 4.81. The third-order valence-electron chi connectivity index (χ3n) is 3.39. The van der Waals surface area contributed by atoms with Gasteiger partial charge in [0.2, 0.25) is 0 Å². The maximum atomic E-state index is 14.1. The second-order valence-electron chi connectivity index (χ2n) is 4.81. The lowest BCUT2D eigenvalue weighted by atomic mass is 10.1. The van der Waals surface area contributed by atoms with Crippen LogP contribution in [0.15, 0.2) is 18.2 Å². The van der Waals surface area contributed by atoms with Crippen molar-refractivity contribution in [3.05, 3.63) is 35.1 Å². The monoisotopic (exact) mass is 291 g/mol. The minimum atomic E-state index is -0.593. The number of nitrogens with zero attached hydrogens (tertiary/aromatic N) is 1. The fraction of sp³-hybridized carbons (Fsp3) is 0.438. The number of aliphatic hydroxyl groups is 1. The summed E-state index contributed by atoms with van der Waals surface area (Å²) in [6.07, 6.45) is 0.836. The number of rotatable bonds is 2. The maximum Gasteiger partial charge on any atom is 0.256 e. The highest BCUT2D eigenvalue weighted by atomic mass is 19.1. The Kier molecular flexibility index (Phi) is 5.32. The van der Waals surface area contributed by atoms with Gasteiger partial charge in [-0.25, -0.2) is 4.39 Å². The quantitative estimate of drug-likeness (QED) is 0.838. The maximum absolute atomic E-state index is 14.1. The van der Waals surface area contributed by atoms with E-state index < -0.39 is 5.82 Å². The van der Waals surface area contributed by atoms with Crippen LogP contribution >= 0.6 is 0 Å². The van der Waals surface area contributed by atoms with E-state index in [0.29, 0.717) is 25.3 Å². The second kappa shape index (κ2) is 7.21. The Labute approximate surface area is 123 Å². The van der Waals surface area contributed by atoms with Gasteiger partial charge in [-0.2, -0.15) is 0 Å². The fourth-order valence-corrected chi connectivity index (χ4v) is 2.23. The highest BCUT2D eigenvalue weighted by Gasteiger charge is 2.25. The highest BCUT2D eigenvalue weighted by molar-refractivity contribution is 5.94. The number of morpholine rings is 1. The zero-order valence-corrected chi connectivity index (χ0v) is 11.9. The summed E-state index contributed by atoms with van der Waals surface area (Å²) < 4.78 is 19.6. The number of hydrogen-bond donors (Lipinski definition) is 1. The van der Waals surface area contributed by atoms with E-state index in [4.69, 9.17) is 9.84 Å². The molecule has 0 saturated carbocycles. The summed E-state index contributed by atoms with van der Waals surface area (Å²) in [7, 11) is 0. The number of carbonyl (C=O) groups is 1. The molecule has 0 radical (unpaired) electrons. The first-order valence-corrected chi connectivity index (χ1v) is 6.95. The van der Waals surface area contributed by atoms with Gasteiger partial charge in [-0.05, 0) is 24.6 Å². The zero-order chi connectivity index (χ0) is 15.2. The Bertz CT molecular complexity index is 577. The van der Waals surface area contributed by atoms with Gasteiger partial charge < -0.3 is 14.7 Å². The van der Waals surface area contributed by atoms with Gasteiger partial charge in [-0.15, -0.1) is 0 Å². The summed E-state index contributed by atoms with van der Waals surface area (Å²) in [6, 6.07) is 4.24. The fourth-order valence-electron chi connectivity index (χ4n) is 2.23. The first-order valence-electron chi connectivity index (χ1n) is 6.95. The van der Waals surface area contributed by atoms with Gasteiger partial charge in [0.1, 0.15) is 12.4 Å². The molecule has 0 aliphatic carbocycles. The van der Waals surface area contributed by atoms with Crippen LogP contribution in [0.4, 0.5) is 4.39 Å². The van der Waals surface area contributed by atoms with Gasteiger partial charge in [0.25, 0.3) is 5.91 Å². The molecule has 21 heavy (non-hydrogen) atoms. The SMILES string of the molecule is CCC1CN(C(=O)c2ccc(C#CCO)cc2F)CCO1. The molecule has 0 spiro atoms. The molecule has 1 saturated heterocycles. The van der Waals surface area contributed by atoms with E-state index in [1.54, 1.807) is 11.0 Å². The third kappa shape index (κ3) is 3.81. The highest BCUT2D eigenvalue weighted by Crippen LogP contribution is 2.16. The number of aliphatic hydroxyl groups excluding tert-OH is 1. The topological polar surface area (TPSA) is 49.8 Å². The van der Waals surface area contributed by atoms with Crippen molar-refractivity contribution in [2.45, 2.75) is 19.4 Å². The lowest BCUT2D eigenvalue weighted by Crippen LogP contribution is -2.45. The molecular weight excluding hydrogens is 273 g/mol. The molecule has 1 heterocycles. The summed E-state index contributed by atoms with van der Waals surface area (Å²) in [5, 5.41) is 8.62. The van der Waals surface area contributed by atoms with Gasteiger partial charge in [0.15, 0.2) is 0 Å². The molecule has 112 valence electrons. The van der Waals surface area contributed by atoms with Gasteiger partial charge in [0.05, 0.1) is 18.3 Å². The van der Waals surface area contributed by atoms with Crippen LogP contribution in [-0.4, -0.2) is 48.3 Å². The molecule has 0 bridgehead atoms. The van der Waals surface area contributed by atoms with Gasteiger partial charge in [-0.1, -0.05) is 18.8 Å². The van der Waals surface area contributed by atoms with Crippen molar-refractivity contribution < 1.29 is 19.0 Å². The van der Waals surface area contributed by atoms with E-state index >= 15 is 0 Å². The molecule has 5 heteroatoms. The number of carbonyl (C=O) groups excluding carboxylic acids is 1. The number of hydrogen-bond acceptors (Lipinski definition) is 3. The van der Waals surface area contributed by atoms with E-state index in [1.807, 2.05) is 6.92 Å². The first-order chi connectivity index (χ1) is 10.2. The summed E-state index contributed by atoms with van der Waals surface area (Å²) in [5.41, 5.74) is 0.479. The van der Waals surface area contributed by atoms with Crippen LogP contribution in [0.3, 0.4) is 0 Å². The third-order valence-corrected chi connectivity index (χ3v) is 3.39. The molecule has 1 unspecified atom stereocenters. The molecule has 1 aliphatic rings. The molecule has 4 nitrogen and oxygen atoms in total. The van der Waals surface area contributed by atoms with Crippen LogP contribution < -0.4 is 0 Å².